The normalized spacial score (nSPS) is 7.00. The van der Waals surface area contributed by atoms with Crippen LogP contribution in [0.5, 0.6) is 0 Å². The van der Waals surface area contributed by atoms with Gasteiger partial charge in [-0.2, -0.15) is 0 Å². The number of imidazole rings is 1. The van der Waals surface area contributed by atoms with Gasteiger partial charge in [-0.1, -0.05) is 170 Å². The molecule has 4 heteroatoms. The highest BCUT2D eigenvalue weighted by atomic mass is 16.4. The molecule has 1 aromatic carbocycles. The number of hydrogen-bond acceptors (Lipinski definition) is 3. The number of benzene rings is 1. The lowest BCUT2D eigenvalue weighted by molar-refractivity contribution is 0.322. The highest BCUT2D eigenvalue weighted by Crippen LogP contribution is 2.22. The van der Waals surface area contributed by atoms with Gasteiger partial charge in [-0.3, -0.25) is 0 Å². The fraction of sp³-hybridized carbons (Fsp3) is 0.737. The van der Waals surface area contributed by atoms with Gasteiger partial charge in [0.2, 0.25) is 0 Å². The molecule has 0 saturated carbocycles. The van der Waals surface area contributed by atoms with Crippen LogP contribution in [0.4, 0.5) is 0 Å². The molecule has 4 nitrogen and oxygen atoms in total. The van der Waals surface area contributed by atoms with Crippen LogP contribution in [0.1, 0.15) is 192 Å². The van der Waals surface area contributed by atoms with Gasteiger partial charge >= 0.3 is 0 Å². The van der Waals surface area contributed by atoms with Crippen LogP contribution in [0.3, 0.4) is 0 Å². The zero-order valence-electron chi connectivity index (χ0n) is 34.5. The van der Waals surface area contributed by atoms with E-state index in [1.165, 1.54) is 23.8 Å². The Bertz CT molecular complexity index is 646. The third-order valence-electron chi connectivity index (χ3n) is 3.63. The van der Waals surface area contributed by atoms with Gasteiger partial charge in [0, 0.05) is 24.5 Å². The molecule has 260 valence electrons. The second-order valence-corrected chi connectivity index (χ2v) is 5.58. The van der Waals surface area contributed by atoms with E-state index in [0.29, 0.717) is 0 Å². The van der Waals surface area contributed by atoms with E-state index in [1.54, 1.807) is 0 Å². The average Bonchev–Trinajstić information content (AvgIpc) is 3.51. The van der Waals surface area contributed by atoms with Crippen molar-refractivity contribution in [3.8, 4) is 0 Å². The monoisotopic (exact) mass is 602 g/mol. The second kappa shape index (κ2) is 77.2. The van der Waals surface area contributed by atoms with Crippen LogP contribution in [0.15, 0.2) is 23.6 Å². The third kappa shape index (κ3) is 42.4. The first-order chi connectivity index (χ1) is 20.5. The number of rotatable bonds is 3. The first-order valence-electron chi connectivity index (χ1n) is 17.7. The number of oxime groups is 1. The summed E-state index contributed by atoms with van der Waals surface area (Å²) in [5, 5.41) is 12.0. The summed E-state index contributed by atoms with van der Waals surface area (Å²) >= 11 is 0. The first-order valence-corrected chi connectivity index (χ1v) is 17.7. The van der Waals surface area contributed by atoms with Crippen molar-refractivity contribution in [3.63, 3.8) is 0 Å². The molecule has 0 unspecified atom stereocenters. The molecule has 0 amide bonds. The summed E-state index contributed by atoms with van der Waals surface area (Å²) in [5.74, 6) is 0.997. The Morgan fingerprint density at radius 2 is 0.976 bits per heavy atom. The van der Waals surface area contributed by atoms with Crippen molar-refractivity contribution in [3.05, 3.63) is 52.1 Å². The minimum Gasteiger partial charge on any atom is -0.411 e. The maximum absolute atomic E-state index is 8.78. The molecule has 1 heterocycles. The van der Waals surface area contributed by atoms with E-state index in [9.17, 15) is 0 Å². The molecule has 0 saturated heterocycles. The highest BCUT2D eigenvalue weighted by Gasteiger charge is 2.11. The summed E-state index contributed by atoms with van der Waals surface area (Å²) in [7, 11) is 0. The van der Waals surface area contributed by atoms with Gasteiger partial charge < -0.3 is 9.77 Å². The molecule has 0 bridgehead atoms. The average molecular weight is 602 g/mol. The Balaban J connectivity index is -0.0000000468. The fourth-order valence-corrected chi connectivity index (χ4v) is 2.48. The van der Waals surface area contributed by atoms with E-state index in [1.807, 2.05) is 165 Å². The lowest BCUT2D eigenvalue weighted by atomic mass is 9.94. The molecule has 2 aromatic rings. The van der Waals surface area contributed by atoms with E-state index in [-0.39, 0.29) is 0 Å². The standard InChI is InChI=1S/C15H19N3O.C3H8.10C2H6/c1-10-7-11(2)15(12(3)14(10)8-17-19)9-18-6-5-16-13(18)4;1-3-2;10*1-2/h5-8,19H,9H2,1-4H3;3H2,1-2H3;10*1-2H3/b17-8+;;;;;;;;;;;. The molecule has 1 aromatic heterocycles. The Labute approximate surface area is 270 Å². The zero-order chi connectivity index (χ0) is 36.7. The summed E-state index contributed by atoms with van der Waals surface area (Å²) in [4.78, 5) is 4.25. The van der Waals surface area contributed by atoms with Gasteiger partial charge in [-0.15, -0.1) is 0 Å². The van der Waals surface area contributed by atoms with Crippen molar-refractivity contribution in [1.82, 2.24) is 9.55 Å². The van der Waals surface area contributed by atoms with Gasteiger partial charge in [0.25, 0.3) is 0 Å². The molecule has 0 atom stereocenters. The van der Waals surface area contributed by atoms with Crippen molar-refractivity contribution in [2.24, 2.45) is 5.16 Å². The molecule has 1 N–H and O–H groups in total. The molecule has 0 radical (unpaired) electrons. The van der Waals surface area contributed by atoms with Crippen molar-refractivity contribution in [2.75, 3.05) is 0 Å². The van der Waals surface area contributed by atoms with Crippen molar-refractivity contribution in [2.45, 2.75) is 193 Å². The van der Waals surface area contributed by atoms with Gasteiger partial charge in [0.15, 0.2) is 0 Å². The number of aromatic nitrogens is 2. The SMILES string of the molecule is CC.CC.CC.CC.CC.CC.CC.CC.CC.CC.CCC.Cc1cc(C)c(Cn2ccnc2C)c(C)c1/C=N/O. The van der Waals surface area contributed by atoms with Crippen molar-refractivity contribution in [1.29, 1.82) is 0 Å². The molecular formula is C38H87N3O. The molecule has 0 fully saturated rings. The zero-order valence-corrected chi connectivity index (χ0v) is 34.5. The summed E-state index contributed by atoms with van der Waals surface area (Å²) in [6.07, 6.45) is 6.55. The lowest BCUT2D eigenvalue weighted by Crippen LogP contribution is -2.07. The van der Waals surface area contributed by atoms with E-state index < -0.39 is 0 Å². The van der Waals surface area contributed by atoms with Crippen LogP contribution in [-0.2, 0) is 6.54 Å². The van der Waals surface area contributed by atoms with Gasteiger partial charge in [0.05, 0.1) is 6.21 Å². The minimum atomic E-state index is 0.788. The summed E-state index contributed by atoms with van der Waals surface area (Å²) in [6.45, 7) is 53.2. The quantitative estimate of drug-likeness (QED) is 0.216. The number of hydrogen-bond donors (Lipinski definition) is 1. The van der Waals surface area contributed by atoms with Crippen LogP contribution in [-0.4, -0.2) is 21.0 Å². The summed E-state index contributed by atoms with van der Waals surface area (Å²) < 4.78 is 2.12. The lowest BCUT2D eigenvalue weighted by Gasteiger charge is -2.16. The van der Waals surface area contributed by atoms with Gasteiger partial charge in [0.1, 0.15) is 5.82 Å². The summed E-state index contributed by atoms with van der Waals surface area (Å²) in [6, 6.07) is 2.13. The Morgan fingerprint density at radius 3 is 1.24 bits per heavy atom. The number of aryl methyl sites for hydroxylation is 3. The topological polar surface area (TPSA) is 50.4 Å². The van der Waals surface area contributed by atoms with Crippen LogP contribution >= 0.6 is 0 Å². The molecular weight excluding hydrogens is 514 g/mol. The van der Waals surface area contributed by atoms with Crippen molar-refractivity contribution >= 4 is 6.21 Å². The van der Waals surface area contributed by atoms with E-state index in [0.717, 1.165) is 29.1 Å². The van der Waals surface area contributed by atoms with Crippen LogP contribution in [0.2, 0.25) is 0 Å². The Morgan fingerprint density at radius 1 is 0.643 bits per heavy atom. The van der Waals surface area contributed by atoms with E-state index in [4.69, 9.17) is 5.21 Å². The van der Waals surface area contributed by atoms with Crippen molar-refractivity contribution < 1.29 is 5.21 Å². The minimum absolute atomic E-state index is 0.788. The van der Waals surface area contributed by atoms with Crippen LogP contribution < -0.4 is 0 Å². The predicted octanol–water partition coefficient (Wildman–Crippen LogP) is 14.7. The second-order valence-electron chi connectivity index (χ2n) is 5.58. The molecule has 0 aliphatic heterocycles. The summed E-state index contributed by atoms with van der Waals surface area (Å²) in [5.41, 5.74) is 5.77. The van der Waals surface area contributed by atoms with E-state index >= 15 is 0 Å². The van der Waals surface area contributed by atoms with Gasteiger partial charge in [-0.25, -0.2) is 4.98 Å². The molecule has 0 spiro atoms. The maximum Gasteiger partial charge on any atom is 0.105 e. The van der Waals surface area contributed by atoms with Gasteiger partial charge in [-0.05, 0) is 49.9 Å². The first kappa shape index (κ1) is 67.5. The van der Waals surface area contributed by atoms with E-state index in [2.05, 4.69) is 48.5 Å². The molecule has 2 rings (SSSR count). The Kier molecular flexibility index (Phi) is 124. The predicted molar refractivity (Wildman–Crippen MR) is 206 cm³/mol. The molecule has 0 aliphatic rings. The molecule has 42 heavy (non-hydrogen) atoms. The smallest absolute Gasteiger partial charge is 0.105 e. The Hall–Kier alpha value is -2.10. The van der Waals surface area contributed by atoms with Crippen LogP contribution in [0, 0.1) is 27.7 Å². The van der Waals surface area contributed by atoms with Crippen LogP contribution in [0.25, 0.3) is 0 Å². The number of nitrogens with zero attached hydrogens (tertiary/aromatic N) is 3. The highest BCUT2D eigenvalue weighted by molar-refractivity contribution is 5.84. The largest absolute Gasteiger partial charge is 0.411 e. The maximum atomic E-state index is 8.78. The fourth-order valence-electron chi connectivity index (χ4n) is 2.48. The molecule has 0 aliphatic carbocycles. The third-order valence-corrected chi connectivity index (χ3v) is 3.63.